The number of nitrogens with one attached hydrogen (secondary N) is 2. The first-order valence-electron chi connectivity index (χ1n) is 12.2. The molecule has 9 heteroatoms. The lowest BCUT2D eigenvalue weighted by molar-refractivity contribution is -0.124. The number of amides is 1. The van der Waals surface area contributed by atoms with E-state index in [0.29, 0.717) is 48.4 Å². The smallest absolute Gasteiger partial charge is 0.356 e. The molecule has 2 aromatic heterocycles. The summed E-state index contributed by atoms with van der Waals surface area (Å²) in [6, 6.07) is 11.5. The third-order valence-corrected chi connectivity index (χ3v) is 6.15. The van der Waals surface area contributed by atoms with E-state index in [0.717, 1.165) is 12.0 Å². The molecule has 0 saturated carbocycles. The van der Waals surface area contributed by atoms with E-state index in [-0.39, 0.29) is 17.6 Å². The highest BCUT2D eigenvalue weighted by molar-refractivity contribution is 6.12. The normalized spacial score (nSPS) is 16.6. The molecule has 0 aliphatic carbocycles. The Hall–Kier alpha value is -3.43. The molecule has 0 bridgehead atoms. The van der Waals surface area contributed by atoms with Gasteiger partial charge in [-0.1, -0.05) is 30.3 Å². The first kappa shape index (κ1) is 25.7. The molecule has 0 spiro atoms. The van der Waals surface area contributed by atoms with E-state index in [1.807, 2.05) is 43.3 Å². The number of esters is 1. The quantitative estimate of drug-likeness (QED) is 0.386. The zero-order chi connectivity index (χ0) is 25.9. The summed E-state index contributed by atoms with van der Waals surface area (Å²) in [6.45, 7) is 6.40. The van der Waals surface area contributed by atoms with Crippen LogP contribution in [0.25, 0.3) is 11.0 Å². The Kier molecular flexibility index (Phi) is 7.61. The summed E-state index contributed by atoms with van der Waals surface area (Å²) in [5, 5.41) is 17.1. The van der Waals surface area contributed by atoms with E-state index < -0.39 is 17.7 Å². The Morgan fingerprint density at radius 3 is 2.69 bits per heavy atom. The lowest BCUT2D eigenvalue weighted by Crippen LogP contribution is -2.29. The number of anilines is 2. The van der Waals surface area contributed by atoms with Gasteiger partial charge in [-0.15, -0.1) is 0 Å². The van der Waals surface area contributed by atoms with Gasteiger partial charge in [0.05, 0.1) is 30.3 Å². The molecule has 3 aromatic rings. The molecule has 0 unspecified atom stereocenters. The Morgan fingerprint density at radius 2 is 2.06 bits per heavy atom. The summed E-state index contributed by atoms with van der Waals surface area (Å²) >= 11 is 0. The summed E-state index contributed by atoms with van der Waals surface area (Å²) in [5.41, 5.74) is 1.96. The van der Waals surface area contributed by atoms with Crippen molar-refractivity contribution >= 4 is 34.3 Å². The zero-order valence-electron chi connectivity index (χ0n) is 21.2. The lowest BCUT2D eigenvalue weighted by Gasteiger charge is -2.23. The van der Waals surface area contributed by atoms with Gasteiger partial charge in [-0.05, 0) is 51.7 Å². The number of pyridine rings is 1. The van der Waals surface area contributed by atoms with E-state index >= 15 is 0 Å². The second kappa shape index (κ2) is 10.7. The van der Waals surface area contributed by atoms with Crippen molar-refractivity contribution in [2.45, 2.75) is 64.3 Å². The molecule has 1 fully saturated rings. The molecule has 36 heavy (non-hydrogen) atoms. The number of hydrogen-bond acceptors (Lipinski definition) is 7. The van der Waals surface area contributed by atoms with Gasteiger partial charge in [-0.3, -0.25) is 4.79 Å². The van der Waals surface area contributed by atoms with E-state index in [4.69, 9.17) is 9.47 Å². The number of aliphatic hydroxyl groups is 1. The average Bonchev–Trinajstić information content (AvgIpc) is 3.46. The fourth-order valence-electron chi connectivity index (χ4n) is 4.73. The van der Waals surface area contributed by atoms with Crippen LogP contribution in [0.5, 0.6) is 0 Å². The highest BCUT2D eigenvalue weighted by atomic mass is 16.5. The number of rotatable bonds is 9. The number of fused-ring (bicyclic) bond motifs is 1. The van der Waals surface area contributed by atoms with Gasteiger partial charge in [0, 0.05) is 24.6 Å². The molecule has 9 nitrogen and oxygen atoms in total. The van der Waals surface area contributed by atoms with Gasteiger partial charge in [0.1, 0.15) is 11.8 Å². The van der Waals surface area contributed by atoms with Gasteiger partial charge in [0.2, 0.25) is 0 Å². The van der Waals surface area contributed by atoms with Crippen molar-refractivity contribution < 1.29 is 24.2 Å². The van der Waals surface area contributed by atoms with Crippen molar-refractivity contribution in [1.82, 2.24) is 9.55 Å². The largest absolute Gasteiger partial charge is 0.464 e. The van der Waals surface area contributed by atoms with Gasteiger partial charge in [-0.2, -0.15) is 0 Å². The third kappa shape index (κ3) is 5.85. The third-order valence-electron chi connectivity index (χ3n) is 6.15. The molecule has 1 aromatic carbocycles. The maximum atomic E-state index is 13.0. The maximum Gasteiger partial charge on any atom is 0.356 e. The van der Waals surface area contributed by atoms with Gasteiger partial charge in [-0.25, -0.2) is 9.78 Å². The van der Waals surface area contributed by atoms with Gasteiger partial charge in [0.25, 0.3) is 5.91 Å². The van der Waals surface area contributed by atoms with Gasteiger partial charge >= 0.3 is 5.97 Å². The van der Waals surface area contributed by atoms with Crippen LogP contribution in [0, 0.1) is 0 Å². The Labute approximate surface area is 210 Å². The van der Waals surface area contributed by atoms with Gasteiger partial charge in [0.15, 0.2) is 5.69 Å². The number of benzene rings is 1. The first-order valence-corrected chi connectivity index (χ1v) is 12.2. The first-order chi connectivity index (χ1) is 17.2. The minimum atomic E-state index is -0.832. The van der Waals surface area contributed by atoms with Crippen molar-refractivity contribution in [3.05, 3.63) is 53.9 Å². The van der Waals surface area contributed by atoms with Crippen molar-refractivity contribution in [2.75, 3.05) is 24.4 Å². The number of hydrogen-bond donors (Lipinski definition) is 3. The van der Waals surface area contributed by atoms with Crippen LogP contribution in [0.4, 0.5) is 11.4 Å². The molecular formula is C27H34N4O5. The molecule has 2 atom stereocenters. The van der Waals surface area contributed by atoms with Crippen LogP contribution >= 0.6 is 0 Å². The van der Waals surface area contributed by atoms with Crippen LogP contribution in [-0.2, 0) is 20.8 Å². The Morgan fingerprint density at radius 1 is 1.31 bits per heavy atom. The van der Waals surface area contributed by atoms with Crippen LogP contribution in [-0.4, -0.2) is 58.0 Å². The van der Waals surface area contributed by atoms with Crippen LogP contribution < -0.4 is 10.6 Å². The average molecular weight is 495 g/mol. The molecule has 4 rings (SSSR count). The zero-order valence-corrected chi connectivity index (χ0v) is 21.2. The van der Waals surface area contributed by atoms with E-state index in [1.165, 1.54) is 7.11 Å². The van der Waals surface area contributed by atoms with Crippen LogP contribution in [0.2, 0.25) is 0 Å². The number of methoxy groups -OCH3 is 1. The predicted molar refractivity (Wildman–Crippen MR) is 138 cm³/mol. The van der Waals surface area contributed by atoms with E-state index in [9.17, 15) is 14.7 Å². The molecule has 0 radical (unpaired) electrons. The number of aromatic nitrogens is 2. The molecule has 192 valence electrons. The van der Waals surface area contributed by atoms with E-state index in [1.54, 1.807) is 24.6 Å². The molecule has 3 heterocycles. The summed E-state index contributed by atoms with van der Waals surface area (Å²) in [4.78, 5) is 30.8. The second-order valence-electron chi connectivity index (χ2n) is 9.93. The fourth-order valence-corrected chi connectivity index (χ4v) is 4.73. The van der Waals surface area contributed by atoms with Crippen LogP contribution in [0.1, 0.15) is 56.1 Å². The van der Waals surface area contributed by atoms with Crippen LogP contribution in [0.3, 0.4) is 0 Å². The number of nitrogens with zero attached hydrogens (tertiary/aromatic N) is 2. The molecule has 3 N–H and O–H groups in total. The topological polar surface area (TPSA) is 115 Å². The minimum Gasteiger partial charge on any atom is -0.464 e. The number of ether oxygens (including phenoxy) is 2. The minimum absolute atomic E-state index is 0.0411. The van der Waals surface area contributed by atoms with Crippen molar-refractivity contribution in [2.24, 2.45) is 0 Å². The summed E-state index contributed by atoms with van der Waals surface area (Å²) in [5.74, 6) is -0.873. The highest BCUT2D eigenvalue weighted by Gasteiger charge is 2.30. The Bertz CT molecular complexity index is 1230. The molecule has 1 amide bonds. The monoisotopic (exact) mass is 494 g/mol. The maximum absolute atomic E-state index is 13.0. The summed E-state index contributed by atoms with van der Waals surface area (Å²) in [6.07, 6.45) is 3.09. The molecule has 1 aliphatic rings. The number of carbonyl (C=O) groups is 2. The number of carbonyl (C=O) groups excluding carboxylic acids is 2. The van der Waals surface area contributed by atoms with Crippen molar-refractivity contribution in [3.63, 3.8) is 0 Å². The second-order valence-corrected chi connectivity index (χ2v) is 9.93. The molecular weight excluding hydrogens is 460 g/mol. The van der Waals surface area contributed by atoms with Crippen molar-refractivity contribution in [3.8, 4) is 0 Å². The molecule has 1 saturated heterocycles. The Balaban J connectivity index is 1.81. The fraction of sp³-hybridized carbons (Fsp3) is 0.444. The molecule has 1 aliphatic heterocycles. The predicted octanol–water partition coefficient (Wildman–Crippen LogP) is 3.95. The standard InChI is InChI=1S/C27H34N4O5/c1-17(14-27(2,3)34)29-19-13-20-22(30-25(32)21-11-8-12-36-21)23(26(33)35-4)31(24(20)28-15-19)16-18-9-6-5-7-10-18/h5-7,9-10,13,15,17,21,29,34H,8,11-12,14,16H2,1-4H3,(H,30,32)/t17-,21+/m1/s1. The summed E-state index contributed by atoms with van der Waals surface area (Å²) < 4.78 is 12.5. The van der Waals surface area contributed by atoms with Crippen LogP contribution in [0.15, 0.2) is 42.6 Å². The van der Waals surface area contributed by atoms with E-state index in [2.05, 4.69) is 15.6 Å². The van der Waals surface area contributed by atoms with Crippen molar-refractivity contribution in [1.29, 1.82) is 0 Å². The SMILES string of the molecule is COC(=O)c1c(NC(=O)[C@@H]2CCCO2)c2cc(N[C@H](C)CC(C)(C)O)cnc2n1Cc1ccccc1. The highest BCUT2D eigenvalue weighted by Crippen LogP contribution is 2.34. The summed E-state index contributed by atoms with van der Waals surface area (Å²) in [7, 11) is 1.32. The van der Waals surface area contributed by atoms with Gasteiger partial charge < -0.3 is 29.8 Å². The lowest BCUT2D eigenvalue weighted by atomic mass is 10.0.